The van der Waals surface area contributed by atoms with Crippen molar-refractivity contribution >= 4 is 42.1 Å². The Labute approximate surface area is 88.0 Å². The Kier molecular flexibility index (Phi) is 2.83. The van der Waals surface area contributed by atoms with Gasteiger partial charge in [-0.2, -0.15) is 0 Å². The van der Waals surface area contributed by atoms with E-state index in [9.17, 15) is 0 Å². The van der Waals surface area contributed by atoms with Crippen LogP contribution in [0.15, 0.2) is 17.1 Å². The van der Waals surface area contributed by atoms with E-state index in [-0.39, 0.29) is 0 Å². The fourth-order valence-corrected chi connectivity index (χ4v) is 2.79. The van der Waals surface area contributed by atoms with Crippen molar-refractivity contribution in [3.05, 3.63) is 22.0 Å². The molecule has 0 unspecified atom stereocenters. The van der Waals surface area contributed by atoms with Gasteiger partial charge in [-0.05, 0) is 34.7 Å². The van der Waals surface area contributed by atoms with Crippen LogP contribution in [-0.2, 0) is 0 Å². The first-order chi connectivity index (χ1) is 5.45. The topological polar surface area (TPSA) is 13.1 Å². The molecule has 0 spiro atoms. The second-order valence-corrected chi connectivity index (χ2v) is 9.93. The minimum absolute atomic E-state index is 0.910. The molecule has 0 amide bonds. The minimum atomic E-state index is -1.28. The zero-order valence-corrected chi connectivity index (χ0v) is 10.8. The molecule has 1 aromatic heterocycles. The van der Waals surface area contributed by atoms with Crippen molar-refractivity contribution < 1.29 is 4.42 Å². The zero-order valence-electron chi connectivity index (χ0n) is 7.65. The molecule has 12 heavy (non-hydrogen) atoms. The van der Waals surface area contributed by atoms with Gasteiger partial charge in [0.1, 0.15) is 13.8 Å². The molecule has 0 saturated carbocycles. The molecule has 0 atom stereocenters. The maximum atomic E-state index is 5.66. The van der Waals surface area contributed by atoms with Crippen molar-refractivity contribution in [2.24, 2.45) is 0 Å². The number of furan rings is 1. The van der Waals surface area contributed by atoms with E-state index in [0.717, 1.165) is 11.1 Å². The number of halogens is 1. The van der Waals surface area contributed by atoms with Crippen LogP contribution in [0.3, 0.4) is 0 Å². The van der Waals surface area contributed by atoms with Crippen molar-refractivity contribution in [1.29, 1.82) is 0 Å². The van der Waals surface area contributed by atoms with Crippen LogP contribution in [0.25, 0.3) is 6.08 Å². The molecule has 1 rings (SSSR count). The van der Waals surface area contributed by atoms with Gasteiger partial charge in [0.2, 0.25) is 0 Å². The van der Waals surface area contributed by atoms with Gasteiger partial charge < -0.3 is 4.42 Å². The monoisotopic (exact) mass is 292 g/mol. The van der Waals surface area contributed by atoms with Gasteiger partial charge in [-0.15, -0.1) is 0 Å². The fraction of sp³-hybridized carbons (Fsp3) is 0.333. The highest BCUT2D eigenvalue weighted by Crippen LogP contribution is 2.15. The van der Waals surface area contributed by atoms with Crippen LogP contribution in [0.2, 0.25) is 19.6 Å². The van der Waals surface area contributed by atoms with E-state index in [4.69, 9.17) is 4.42 Å². The van der Waals surface area contributed by atoms with Gasteiger partial charge in [-0.3, -0.25) is 0 Å². The molecule has 1 nitrogen and oxygen atoms in total. The van der Waals surface area contributed by atoms with Crippen LogP contribution in [0.4, 0.5) is 0 Å². The first-order valence-corrected chi connectivity index (χ1v) is 8.45. The molecule has 0 bridgehead atoms. The summed E-state index contributed by atoms with van der Waals surface area (Å²) >= 11 is 2.28. The van der Waals surface area contributed by atoms with Crippen LogP contribution >= 0.6 is 22.6 Å². The third-order valence-corrected chi connectivity index (χ3v) is 4.21. The quantitative estimate of drug-likeness (QED) is 0.603. The normalized spacial score (nSPS) is 11.7. The SMILES string of the molecule is C=Cc1oc([Si](C)(C)C)cc1I. The molecule has 66 valence electrons. The molecule has 0 fully saturated rings. The number of hydrogen-bond donors (Lipinski definition) is 0. The molecular formula is C9H13IOSi. The molecule has 3 heteroatoms. The van der Waals surface area contributed by atoms with Crippen molar-refractivity contribution in [3.8, 4) is 0 Å². The number of hydrogen-bond acceptors (Lipinski definition) is 1. The summed E-state index contributed by atoms with van der Waals surface area (Å²) in [7, 11) is -1.28. The first-order valence-electron chi connectivity index (χ1n) is 3.87. The van der Waals surface area contributed by atoms with Crippen molar-refractivity contribution in [2.45, 2.75) is 19.6 Å². The molecule has 0 aliphatic rings. The van der Waals surface area contributed by atoms with Gasteiger partial charge in [0.25, 0.3) is 0 Å². The summed E-state index contributed by atoms with van der Waals surface area (Å²) in [5.41, 5.74) is 0. The Morgan fingerprint density at radius 3 is 2.33 bits per heavy atom. The lowest BCUT2D eigenvalue weighted by Crippen LogP contribution is -2.36. The lowest BCUT2D eigenvalue weighted by atomic mass is 10.4. The molecule has 1 aromatic rings. The second kappa shape index (κ2) is 3.37. The van der Waals surface area contributed by atoms with Crippen LogP contribution < -0.4 is 5.38 Å². The largest absolute Gasteiger partial charge is 0.466 e. The van der Waals surface area contributed by atoms with Crippen molar-refractivity contribution in [3.63, 3.8) is 0 Å². The van der Waals surface area contributed by atoms with Gasteiger partial charge in [-0.25, -0.2) is 0 Å². The van der Waals surface area contributed by atoms with Gasteiger partial charge in [0.05, 0.1) is 8.95 Å². The Morgan fingerprint density at radius 1 is 1.50 bits per heavy atom. The van der Waals surface area contributed by atoms with E-state index in [1.807, 2.05) is 0 Å². The second-order valence-electron chi connectivity index (χ2n) is 3.78. The van der Waals surface area contributed by atoms with Gasteiger partial charge >= 0.3 is 0 Å². The summed E-state index contributed by atoms with van der Waals surface area (Å²) in [4.78, 5) is 0. The van der Waals surface area contributed by atoms with E-state index in [1.165, 1.54) is 3.57 Å². The van der Waals surface area contributed by atoms with E-state index >= 15 is 0 Å². The minimum Gasteiger partial charge on any atom is -0.466 e. The summed E-state index contributed by atoms with van der Waals surface area (Å²) in [6.07, 6.45) is 1.77. The highest BCUT2D eigenvalue weighted by atomic mass is 127. The average Bonchev–Trinajstić information content (AvgIpc) is 2.29. The summed E-state index contributed by atoms with van der Waals surface area (Å²) in [6, 6.07) is 2.13. The molecule has 0 N–H and O–H groups in total. The van der Waals surface area contributed by atoms with Gasteiger partial charge in [-0.1, -0.05) is 26.2 Å². The fourth-order valence-electron chi connectivity index (χ4n) is 0.892. The maximum absolute atomic E-state index is 5.66. The molecule has 0 aliphatic carbocycles. The van der Waals surface area contributed by atoms with Crippen LogP contribution in [-0.4, -0.2) is 8.07 Å². The van der Waals surface area contributed by atoms with Crippen molar-refractivity contribution in [2.75, 3.05) is 0 Å². The van der Waals surface area contributed by atoms with Gasteiger partial charge in [0, 0.05) is 0 Å². The van der Waals surface area contributed by atoms with Crippen LogP contribution in [0.1, 0.15) is 5.76 Å². The Hall–Kier alpha value is -0.0331. The van der Waals surface area contributed by atoms with Gasteiger partial charge in [0.15, 0.2) is 0 Å². The molecule has 0 aliphatic heterocycles. The Bertz CT molecular complexity index is 296. The Balaban J connectivity index is 3.13. The Morgan fingerprint density at radius 2 is 2.08 bits per heavy atom. The molecular weight excluding hydrogens is 279 g/mol. The predicted octanol–water partition coefficient (Wildman–Crippen LogP) is 3.07. The maximum Gasteiger partial charge on any atom is 0.139 e. The summed E-state index contributed by atoms with van der Waals surface area (Å²) in [5.74, 6) is 0.910. The van der Waals surface area contributed by atoms with E-state index in [2.05, 4.69) is 54.9 Å². The summed E-state index contributed by atoms with van der Waals surface area (Å²) in [5, 5.41) is 1.15. The first kappa shape index (κ1) is 10.1. The molecule has 0 radical (unpaired) electrons. The lowest BCUT2D eigenvalue weighted by Gasteiger charge is -2.10. The smallest absolute Gasteiger partial charge is 0.139 e. The predicted molar refractivity (Wildman–Crippen MR) is 64.5 cm³/mol. The standard InChI is InChI=1S/C9H13IOSi/c1-5-8-7(10)6-9(11-8)12(2,3)4/h5-6H,1H2,2-4H3. The summed E-state index contributed by atoms with van der Waals surface area (Å²) in [6.45, 7) is 10.5. The molecule has 0 aromatic carbocycles. The highest BCUT2D eigenvalue weighted by molar-refractivity contribution is 14.1. The highest BCUT2D eigenvalue weighted by Gasteiger charge is 2.22. The van der Waals surface area contributed by atoms with Crippen molar-refractivity contribution in [1.82, 2.24) is 0 Å². The molecule has 1 heterocycles. The third-order valence-electron chi connectivity index (χ3n) is 1.64. The molecule has 0 saturated heterocycles. The summed E-state index contributed by atoms with van der Waals surface area (Å²) < 4.78 is 6.83. The third kappa shape index (κ3) is 2.01. The lowest BCUT2D eigenvalue weighted by molar-refractivity contribution is 0.584. The van der Waals surface area contributed by atoms with Crippen LogP contribution in [0, 0.1) is 3.57 Å². The zero-order chi connectivity index (χ0) is 9.35. The van der Waals surface area contributed by atoms with E-state index < -0.39 is 8.07 Å². The van der Waals surface area contributed by atoms with Crippen LogP contribution in [0.5, 0.6) is 0 Å². The van der Waals surface area contributed by atoms with E-state index in [0.29, 0.717) is 0 Å². The van der Waals surface area contributed by atoms with E-state index in [1.54, 1.807) is 6.08 Å². The number of rotatable bonds is 2. The average molecular weight is 292 g/mol.